The van der Waals surface area contributed by atoms with Gasteiger partial charge in [-0.2, -0.15) is 5.10 Å². The van der Waals surface area contributed by atoms with Crippen molar-refractivity contribution in [1.29, 1.82) is 0 Å². The molecule has 2 aromatic rings. The molecule has 0 bridgehead atoms. The summed E-state index contributed by atoms with van der Waals surface area (Å²) in [6, 6.07) is 12.1. The maximum atomic E-state index is 12.4. The molecule has 8 heteroatoms. The molecule has 1 aliphatic heterocycles. The summed E-state index contributed by atoms with van der Waals surface area (Å²) in [7, 11) is 1.60. The van der Waals surface area contributed by atoms with Crippen LogP contribution in [-0.4, -0.2) is 54.8 Å². The molecule has 158 valence electrons. The van der Waals surface area contributed by atoms with E-state index in [1.807, 2.05) is 25.1 Å². The molecule has 8 nitrogen and oxygen atoms in total. The van der Waals surface area contributed by atoms with Gasteiger partial charge in [0.05, 0.1) is 25.6 Å². The van der Waals surface area contributed by atoms with E-state index in [0.717, 1.165) is 29.7 Å². The van der Waals surface area contributed by atoms with Crippen LogP contribution >= 0.6 is 0 Å². The van der Waals surface area contributed by atoms with Gasteiger partial charge in [0.25, 0.3) is 5.91 Å². The number of benzene rings is 2. The highest BCUT2D eigenvalue weighted by molar-refractivity contribution is 6.02. The molecule has 0 aromatic heterocycles. The van der Waals surface area contributed by atoms with Gasteiger partial charge in [-0.3, -0.25) is 4.79 Å². The first-order valence-corrected chi connectivity index (χ1v) is 9.74. The predicted molar refractivity (Wildman–Crippen MR) is 113 cm³/mol. The highest BCUT2D eigenvalue weighted by Gasteiger charge is 2.20. The van der Waals surface area contributed by atoms with Crippen molar-refractivity contribution in [3.8, 4) is 17.2 Å². The van der Waals surface area contributed by atoms with E-state index >= 15 is 0 Å². The third-order valence-corrected chi connectivity index (χ3v) is 4.47. The van der Waals surface area contributed by atoms with Crippen LogP contribution in [0.3, 0.4) is 0 Å². The fraction of sp³-hybridized carbons (Fsp3) is 0.318. The summed E-state index contributed by atoms with van der Waals surface area (Å²) < 4.78 is 11.0. The number of methoxy groups -OCH3 is 1. The lowest BCUT2D eigenvalue weighted by atomic mass is 10.0. The van der Waals surface area contributed by atoms with E-state index in [0.29, 0.717) is 24.7 Å². The second-order valence-corrected chi connectivity index (χ2v) is 6.57. The van der Waals surface area contributed by atoms with E-state index in [-0.39, 0.29) is 18.3 Å². The highest BCUT2D eigenvalue weighted by Crippen LogP contribution is 2.29. The lowest BCUT2D eigenvalue weighted by Gasteiger charge is -2.23. The number of hydrogen-bond acceptors (Lipinski definition) is 7. The zero-order chi connectivity index (χ0) is 21.3. The van der Waals surface area contributed by atoms with Gasteiger partial charge >= 0.3 is 0 Å². The van der Waals surface area contributed by atoms with Crippen molar-refractivity contribution in [1.82, 2.24) is 5.01 Å². The van der Waals surface area contributed by atoms with Crippen LogP contribution in [0.2, 0.25) is 0 Å². The van der Waals surface area contributed by atoms with E-state index in [4.69, 9.17) is 14.3 Å². The Morgan fingerprint density at radius 2 is 2.03 bits per heavy atom. The van der Waals surface area contributed by atoms with E-state index in [1.54, 1.807) is 31.4 Å². The Bertz CT molecular complexity index is 925. The number of ether oxygens (including phenoxy) is 2. The van der Waals surface area contributed by atoms with Crippen LogP contribution in [0.15, 0.2) is 52.7 Å². The highest BCUT2D eigenvalue weighted by atomic mass is 16.6. The first kappa shape index (κ1) is 21.2. The molecular formula is C22H25N3O5. The van der Waals surface area contributed by atoms with Crippen LogP contribution < -0.4 is 9.47 Å². The monoisotopic (exact) mass is 411 g/mol. The number of hydrazone groups is 1. The molecule has 30 heavy (non-hydrogen) atoms. The molecule has 0 radical (unpaired) electrons. The van der Waals surface area contributed by atoms with Gasteiger partial charge in [0.2, 0.25) is 0 Å². The van der Waals surface area contributed by atoms with Crippen molar-refractivity contribution in [2.45, 2.75) is 19.8 Å². The number of phenols is 1. The minimum atomic E-state index is -0.270. The van der Waals surface area contributed by atoms with Crippen molar-refractivity contribution in [3.63, 3.8) is 0 Å². The van der Waals surface area contributed by atoms with Crippen molar-refractivity contribution in [2.75, 3.05) is 26.9 Å². The van der Waals surface area contributed by atoms with Gasteiger partial charge in [0, 0.05) is 12.1 Å². The Morgan fingerprint density at radius 1 is 1.23 bits per heavy atom. The molecule has 1 amide bonds. The number of phenolic OH excluding ortho intramolecular Hbond substituents is 1. The van der Waals surface area contributed by atoms with Gasteiger partial charge in [-0.25, -0.2) is 5.01 Å². The smallest absolute Gasteiger partial charge is 0.283 e. The Balaban J connectivity index is 1.62. The summed E-state index contributed by atoms with van der Waals surface area (Å²) >= 11 is 0. The second-order valence-electron chi connectivity index (χ2n) is 6.57. The maximum absolute atomic E-state index is 12.4. The number of oxime groups is 1. The average Bonchev–Trinajstić information content (AvgIpc) is 2.78. The van der Waals surface area contributed by atoms with Gasteiger partial charge in [-0.05, 0) is 67.8 Å². The van der Waals surface area contributed by atoms with Crippen LogP contribution in [0.5, 0.6) is 17.2 Å². The molecular weight excluding hydrogens is 386 g/mol. The summed E-state index contributed by atoms with van der Waals surface area (Å²) in [6.07, 6.45) is 3.04. The molecule has 0 saturated heterocycles. The van der Waals surface area contributed by atoms with E-state index in [1.165, 1.54) is 11.2 Å². The van der Waals surface area contributed by atoms with Crippen molar-refractivity contribution in [2.24, 2.45) is 10.3 Å². The molecule has 0 atom stereocenters. The number of nitrogens with zero attached hydrogens (tertiary/aromatic N) is 3. The predicted octanol–water partition coefficient (Wildman–Crippen LogP) is 3.18. The minimum absolute atomic E-state index is 0.173. The molecule has 2 aromatic carbocycles. The second kappa shape index (κ2) is 10.3. The van der Waals surface area contributed by atoms with Gasteiger partial charge in [0.1, 0.15) is 5.75 Å². The largest absolute Gasteiger partial charge is 0.508 e. The number of carbonyl (C=O) groups is 1. The third-order valence-electron chi connectivity index (χ3n) is 4.47. The molecule has 1 aliphatic rings. The Labute approximate surface area is 175 Å². The van der Waals surface area contributed by atoms with Crippen molar-refractivity contribution >= 4 is 17.8 Å². The Kier molecular flexibility index (Phi) is 7.26. The molecule has 0 unspecified atom stereocenters. The molecule has 1 heterocycles. The van der Waals surface area contributed by atoms with Crippen LogP contribution in [0, 0.1) is 0 Å². The van der Waals surface area contributed by atoms with Gasteiger partial charge < -0.3 is 19.4 Å². The quantitative estimate of drug-likeness (QED) is 0.532. The minimum Gasteiger partial charge on any atom is -0.508 e. The first-order chi connectivity index (χ1) is 14.6. The molecule has 1 N–H and O–H groups in total. The average molecular weight is 411 g/mol. The molecule has 0 fully saturated rings. The number of aromatic hydroxyl groups is 1. The zero-order valence-corrected chi connectivity index (χ0v) is 17.1. The molecule has 3 rings (SSSR count). The SMILES string of the molecule is CCOc1cc(C2=NN(C(=O)CON=Cc3ccc(O)cc3)CCC2)ccc1OC. The van der Waals surface area contributed by atoms with Crippen LogP contribution in [0.1, 0.15) is 30.9 Å². The number of hydrogen-bond donors (Lipinski definition) is 1. The summed E-state index contributed by atoms with van der Waals surface area (Å²) in [6.45, 7) is 2.76. The van der Waals surface area contributed by atoms with Crippen LogP contribution in [-0.2, 0) is 9.63 Å². The van der Waals surface area contributed by atoms with Crippen molar-refractivity contribution < 1.29 is 24.2 Å². The fourth-order valence-corrected chi connectivity index (χ4v) is 2.97. The standard InChI is InChI=1S/C22H25N3O5/c1-3-29-21-13-17(8-11-20(21)28-2)19-5-4-12-25(24-19)22(27)15-30-23-14-16-6-9-18(26)10-7-16/h6-11,13-14,26H,3-5,12,15H2,1-2H3. The van der Waals surface area contributed by atoms with Gasteiger partial charge in [-0.1, -0.05) is 5.16 Å². The Morgan fingerprint density at radius 3 is 2.77 bits per heavy atom. The van der Waals surface area contributed by atoms with E-state index in [9.17, 15) is 9.90 Å². The van der Waals surface area contributed by atoms with Crippen LogP contribution in [0.25, 0.3) is 0 Å². The zero-order valence-electron chi connectivity index (χ0n) is 17.1. The van der Waals surface area contributed by atoms with Gasteiger partial charge in [0.15, 0.2) is 18.1 Å². The summed E-state index contributed by atoms with van der Waals surface area (Å²) in [5.74, 6) is 1.21. The lowest BCUT2D eigenvalue weighted by molar-refractivity contribution is -0.136. The molecule has 0 saturated carbocycles. The van der Waals surface area contributed by atoms with E-state index in [2.05, 4.69) is 10.3 Å². The first-order valence-electron chi connectivity index (χ1n) is 9.74. The number of carbonyl (C=O) groups excluding carboxylic acids is 1. The summed E-state index contributed by atoms with van der Waals surface area (Å²) in [5, 5.41) is 19.0. The third kappa shape index (κ3) is 5.50. The topological polar surface area (TPSA) is 93.0 Å². The van der Waals surface area contributed by atoms with Crippen molar-refractivity contribution in [3.05, 3.63) is 53.6 Å². The summed E-state index contributed by atoms with van der Waals surface area (Å²) in [4.78, 5) is 17.6. The fourth-order valence-electron chi connectivity index (χ4n) is 2.97. The molecule has 0 spiro atoms. The Hall–Kier alpha value is -3.55. The number of rotatable bonds is 8. The number of amides is 1. The summed E-state index contributed by atoms with van der Waals surface area (Å²) in [5.41, 5.74) is 2.46. The normalized spacial score (nSPS) is 13.8. The van der Waals surface area contributed by atoms with Gasteiger partial charge in [-0.15, -0.1) is 0 Å². The lowest BCUT2D eigenvalue weighted by Crippen LogP contribution is -2.34. The molecule has 0 aliphatic carbocycles. The van der Waals surface area contributed by atoms with Crippen LogP contribution in [0.4, 0.5) is 0 Å². The maximum Gasteiger partial charge on any atom is 0.283 e. The van der Waals surface area contributed by atoms with E-state index < -0.39 is 0 Å².